The Morgan fingerprint density at radius 3 is 2.57 bits per heavy atom. The molecule has 0 bridgehead atoms. The van der Waals surface area contributed by atoms with Crippen LogP contribution in [0.4, 0.5) is 0 Å². The van der Waals surface area contributed by atoms with Crippen molar-refractivity contribution in [2.24, 2.45) is 0 Å². The molecule has 0 saturated heterocycles. The molecule has 0 aromatic heterocycles. The number of halogens is 1. The molecule has 0 heterocycles. The fourth-order valence-electron chi connectivity index (χ4n) is 1.48. The zero-order chi connectivity index (χ0) is 15.8. The molecular weight excluding hydrogens is 284 g/mol. The lowest BCUT2D eigenvalue weighted by Crippen LogP contribution is -2.11. The van der Waals surface area contributed by atoms with Crippen LogP contribution >= 0.6 is 11.6 Å². The lowest BCUT2D eigenvalue weighted by molar-refractivity contribution is -0.145. The Bertz CT molecular complexity index is 493. The summed E-state index contributed by atoms with van der Waals surface area (Å²) in [6.07, 6.45) is 12.9. The van der Waals surface area contributed by atoms with Gasteiger partial charge in [0.25, 0.3) is 0 Å². The predicted octanol–water partition coefficient (Wildman–Crippen LogP) is 4.37. The molecule has 0 amide bonds. The normalized spacial score (nSPS) is 12.0. The molecule has 0 aromatic carbocycles. The second kappa shape index (κ2) is 14.5. The van der Waals surface area contributed by atoms with Crippen molar-refractivity contribution in [1.29, 1.82) is 0 Å². The standard InChI is InChI=1S/C18H21ClO2/c1-17(21-18(2)20)15-13-11-9-7-5-3-4-6-8-10-12-14-16-19/h5,7,10,12,14,16-17H,9,11,13,15H2,1-2H3/b7-5-,12-10+,16-14-. The highest BCUT2D eigenvalue weighted by molar-refractivity contribution is 6.25. The van der Waals surface area contributed by atoms with E-state index in [1.807, 2.05) is 19.1 Å². The van der Waals surface area contributed by atoms with Crippen molar-refractivity contribution < 1.29 is 9.53 Å². The van der Waals surface area contributed by atoms with Gasteiger partial charge in [-0.15, -0.1) is 0 Å². The van der Waals surface area contributed by atoms with Crippen molar-refractivity contribution in [1.82, 2.24) is 0 Å². The fraction of sp³-hybridized carbons (Fsp3) is 0.389. The van der Waals surface area contributed by atoms with Crippen molar-refractivity contribution in [2.45, 2.75) is 45.6 Å². The van der Waals surface area contributed by atoms with E-state index in [-0.39, 0.29) is 12.1 Å². The quantitative estimate of drug-likeness (QED) is 0.302. The van der Waals surface area contributed by atoms with E-state index in [1.165, 1.54) is 12.5 Å². The first-order valence-electron chi connectivity index (χ1n) is 6.92. The average Bonchev–Trinajstić information content (AvgIpc) is 2.43. The summed E-state index contributed by atoms with van der Waals surface area (Å²) in [4.78, 5) is 10.7. The van der Waals surface area contributed by atoms with Gasteiger partial charge >= 0.3 is 5.97 Å². The molecule has 0 aliphatic heterocycles. The minimum Gasteiger partial charge on any atom is -0.463 e. The number of ether oxygens (including phenoxy) is 1. The van der Waals surface area contributed by atoms with E-state index in [0.717, 1.165) is 25.7 Å². The maximum absolute atomic E-state index is 10.7. The summed E-state index contributed by atoms with van der Waals surface area (Å²) < 4.78 is 5.05. The van der Waals surface area contributed by atoms with Crippen LogP contribution in [0, 0.1) is 23.7 Å². The van der Waals surface area contributed by atoms with Gasteiger partial charge in [-0.1, -0.05) is 41.7 Å². The largest absolute Gasteiger partial charge is 0.463 e. The molecule has 0 N–H and O–H groups in total. The van der Waals surface area contributed by atoms with Crippen molar-refractivity contribution in [3.8, 4) is 23.7 Å². The molecule has 0 saturated carbocycles. The minimum absolute atomic E-state index is 0.00301. The minimum atomic E-state index is -0.215. The number of hydrogen-bond acceptors (Lipinski definition) is 2. The second-order valence-electron chi connectivity index (χ2n) is 4.32. The van der Waals surface area contributed by atoms with Gasteiger partial charge in [0.15, 0.2) is 0 Å². The van der Waals surface area contributed by atoms with E-state index in [0.29, 0.717) is 0 Å². The molecule has 1 unspecified atom stereocenters. The van der Waals surface area contributed by atoms with Crippen molar-refractivity contribution in [2.75, 3.05) is 0 Å². The molecule has 0 rings (SSSR count). The van der Waals surface area contributed by atoms with E-state index in [2.05, 4.69) is 23.7 Å². The van der Waals surface area contributed by atoms with E-state index in [4.69, 9.17) is 16.3 Å². The SMILES string of the molecule is CC(=O)OC(C)CCCC/C=C\C#CC#C/C=C/C=C\Cl. The van der Waals surface area contributed by atoms with Crippen LogP contribution in [0.5, 0.6) is 0 Å². The highest BCUT2D eigenvalue weighted by atomic mass is 35.5. The number of rotatable bonds is 7. The van der Waals surface area contributed by atoms with Crippen molar-refractivity contribution >= 4 is 17.6 Å². The van der Waals surface area contributed by atoms with E-state index in [1.54, 1.807) is 18.2 Å². The maximum Gasteiger partial charge on any atom is 0.302 e. The Morgan fingerprint density at radius 1 is 1.19 bits per heavy atom. The average molecular weight is 305 g/mol. The second-order valence-corrected chi connectivity index (χ2v) is 4.58. The van der Waals surface area contributed by atoms with Gasteiger partial charge in [0.1, 0.15) is 0 Å². The Kier molecular flexibility index (Phi) is 13.2. The Morgan fingerprint density at radius 2 is 1.90 bits per heavy atom. The number of carbonyl (C=O) groups excluding carboxylic acids is 1. The highest BCUT2D eigenvalue weighted by Gasteiger charge is 2.03. The summed E-state index contributed by atoms with van der Waals surface area (Å²) in [6, 6.07) is 0. The topological polar surface area (TPSA) is 26.3 Å². The van der Waals surface area contributed by atoms with Crippen molar-refractivity contribution in [3.63, 3.8) is 0 Å². The molecule has 0 aliphatic carbocycles. The predicted molar refractivity (Wildman–Crippen MR) is 88.5 cm³/mol. The van der Waals surface area contributed by atoms with E-state index in [9.17, 15) is 4.79 Å². The van der Waals surface area contributed by atoms with Gasteiger partial charge in [-0.2, -0.15) is 0 Å². The van der Waals surface area contributed by atoms with Gasteiger partial charge < -0.3 is 4.74 Å². The number of carbonyl (C=O) groups is 1. The van der Waals surface area contributed by atoms with Crippen LogP contribution in [-0.4, -0.2) is 12.1 Å². The lowest BCUT2D eigenvalue weighted by atomic mass is 10.1. The summed E-state index contributed by atoms with van der Waals surface area (Å²) in [7, 11) is 0. The third-order valence-electron chi connectivity index (χ3n) is 2.37. The monoisotopic (exact) mass is 304 g/mol. The molecule has 0 fully saturated rings. The molecule has 1 atom stereocenters. The van der Waals surface area contributed by atoms with Crippen LogP contribution in [0.1, 0.15) is 39.5 Å². The van der Waals surface area contributed by atoms with Gasteiger partial charge in [0.2, 0.25) is 0 Å². The van der Waals surface area contributed by atoms with E-state index < -0.39 is 0 Å². The van der Waals surface area contributed by atoms with Gasteiger partial charge in [-0.25, -0.2) is 0 Å². The zero-order valence-corrected chi connectivity index (χ0v) is 13.3. The summed E-state index contributed by atoms with van der Waals surface area (Å²) in [5, 5.41) is 0. The van der Waals surface area contributed by atoms with Crippen LogP contribution in [0.3, 0.4) is 0 Å². The number of unbranched alkanes of at least 4 members (excludes halogenated alkanes) is 2. The molecule has 0 radical (unpaired) electrons. The van der Waals surface area contributed by atoms with Crippen LogP contribution in [0.25, 0.3) is 0 Å². The van der Waals surface area contributed by atoms with Gasteiger partial charge in [0.05, 0.1) is 6.10 Å². The zero-order valence-electron chi connectivity index (χ0n) is 12.6. The Balaban J connectivity index is 3.68. The summed E-state index contributed by atoms with van der Waals surface area (Å²) in [5.74, 6) is 10.8. The Hall–Kier alpha value is -1.90. The molecule has 0 aliphatic rings. The molecule has 2 nitrogen and oxygen atoms in total. The van der Waals surface area contributed by atoms with Gasteiger partial charge in [0, 0.05) is 12.5 Å². The molecule has 0 spiro atoms. The van der Waals surface area contributed by atoms with Gasteiger partial charge in [-0.3, -0.25) is 4.79 Å². The summed E-state index contributed by atoms with van der Waals surface area (Å²) in [6.45, 7) is 3.35. The summed E-state index contributed by atoms with van der Waals surface area (Å²) in [5.41, 5.74) is 1.42. The number of hydrogen-bond donors (Lipinski definition) is 0. The summed E-state index contributed by atoms with van der Waals surface area (Å²) >= 11 is 5.34. The third-order valence-corrected chi connectivity index (χ3v) is 2.52. The van der Waals surface area contributed by atoms with Crippen LogP contribution in [0.2, 0.25) is 0 Å². The molecular formula is C18H21ClO2. The first kappa shape index (κ1) is 19.1. The van der Waals surface area contributed by atoms with E-state index >= 15 is 0 Å². The molecule has 0 aromatic rings. The smallest absolute Gasteiger partial charge is 0.302 e. The third kappa shape index (κ3) is 16.0. The van der Waals surface area contributed by atoms with Crippen LogP contribution < -0.4 is 0 Å². The highest BCUT2D eigenvalue weighted by Crippen LogP contribution is 2.06. The van der Waals surface area contributed by atoms with Crippen LogP contribution in [0.15, 0.2) is 35.9 Å². The molecule has 112 valence electrons. The fourth-order valence-corrected chi connectivity index (χ4v) is 1.56. The molecule has 21 heavy (non-hydrogen) atoms. The number of allylic oxidation sites excluding steroid dienone is 5. The first-order chi connectivity index (χ1) is 10.2. The van der Waals surface area contributed by atoms with Gasteiger partial charge in [-0.05, 0) is 56.6 Å². The van der Waals surface area contributed by atoms with Crippen molar-refractivity contribution in [3.05, 3.63) is 35.9 Å². The lowest BCUT2D eigenvalue weighted by Gasteiger charge is -2.10. The Labute approximate surface area is 132 Å². The number of esters is 1. The van der Waals surface area contributed by atoms with Crippen LogP contribution in [-0.2, 0) is 9.53 Å². The first-order valence-corrected chi connectivity index (χ1v) is 7.35. The maximum atomic E-state index is 10.7. The molecule has 3 heteroatoms.